The van der Waals surface area contributed by atoms with Crippen LogP contribution in [-0.4, -0.2) is 48.3 Å². The average Bonchev–Trinajstić information content (AvgIpc) is 3.67. The minimum Gasteiger partial charge on any atom is -0.550 e. The van der Waals surface area contributed by atoms with Crippen LogP contribution >= 0.6 is 0 Å². The van der Waals surface area contributed by atoms with Crippen molar-refractivity contribution >= 4 is 56.3 Å². The maximum absolute atomic E-state index is 14.0. The van der Waals surface area contributed by atoms with E-state index in [-0.39, 0.29) is 107 Å². The monoisotopic (exact) mass is 708 g/mol. The summed E-state index contributed by atoms with van der Waals surface area (Å²) in [6.45, 7) is 10.3. The third-order valence-electron chi connectivity index (χ3n) is 8.89. The molecule has 0 saturated carbocycles. The van der Waals surface area contributed by atoms with Crippen molar-refractivity contribution in [3.8, 4) is 0 Å². The maximum Gasteiger partial charge on any atom is 1.00 e. The summed E-state index contributed by atoms with van der Waals surface area (Å²) in [5, 5.41) is 44.3. The van der Waals surface area contributed by atoms with Crippen LogP contribution in [0.1, 0.15) is 96.8 Å². The number of alkyl halides is 3. The second-order valence-electron chi connectivity index (χ2n) is 11.9. The van der Waals surface area contributed by atoms with Gasteiger partial charge in [-0.15, -0.1) is 6.58 Å². The third kappa shape index (κ3) is 8.21. The SMILES string of the molecule is C=CC(O)c1c(C)c2cc3nc(cc4nc(cc5[nH]c(cc1[nH]2)c(C)c5C(O)C(F)(F)F)C(C)=C4CCC(=O)[O-])C(CCC(=O)[O-])=C3C.[Na+].[Na+]. The minimum atomic E-state index is -5.01. The van der Waals surface area contributed by atoms with Crippen LogP contribution in [0.2, 0.25) is 0 Å². The first-order valence-corrected chi connectivity index (χ1v) is 15.1. The van der Waals surface area contributed by atoms with Crippen LogP contribution < -0.4 is 69.3 Å². The number of nitrogens with zero attached hydrogens (tertiary/aromatic N) is 2. The number of aromatic nitrogens is 4. The number of allylic oxidation sites excluding steroid dienone is 4. The maximum atomic E-state index is 14.0. The summed E-state index contributed by atoms with van der Waals surface area (Å²) in [7, 11) is 0. The van der Waals surface area contributed by atoms with E-state index in [9.17, 15) is 43.2 Å². The molecule has 3 aromatic rings. The summed E-state index contributed by atoms with van der Waals surface area (Å²) in [5.74, 6) is -2.57. The first kappa shape index (κ1) is 41.4. The minimum absolute atomic E-state index is 0. The Morgan fingerprint density at radius 2 is 1.18 bits per heavy atom. The van der Waals surface area contributed by atoms with Crippen molar-refractivity contribution in [2.75, 3.05) is 0 Å². The van der Waals surface area contributed by atoms with Crippen molar-refractivity contribution in [2.24, 2.45) is 0 Å². The second-order valence-corrected chi connectivity index (χ2v) is 11.9. The topological polar surface area (TPSA) is 178 Å². The first-order valence-electron chi connectivity index (χ1n) is 15.1. The van der Waals surface area contributed by atoms with Gasteiger partial charge < -0.3 is 40.0 Å². The Bertz CT molecular complexity index is 2100. The molecule has 0 aliphatic carbocycles. The Kier molecular flexibility index (Phi) is 13.4. The number of hydrogen-bond donors (Lipinski definition) is 4. The van der Waals surface area contributed by atoms with E-state index in [1.807, 2.05) is 0 Å². The molecule has 0 spiro atoms. The molecule has 252 valence electrons. The molecule has 8 bridgehead atoms. The van der Waals surface area contributed by atoms with Crippen molar-refractivity contribution in [1.82, 2.24) is 19.9 Å². The van der Waals surface area contributed by atoms with E-state index in [4.69, 9.17) is 4.98 Å². The second kappa shape index (κ2) is 16.1. The summed E-state index contributed by atoms with van der Waals surface area (Å²) in [6, 6.07) is 6.22. The summed E-state index contributed by atoms with van der Waals surface area (Å²) >= 11 is 0. The molecule has 2 aliphatic heterocycles. The van der Waals surface area contributed by atoms with Crippen molar-refractivity contribution in [3.63, 3.8) is 0 Å². The van der Waals surface area contributed by atoms with Crippen LogP contribution in [0.3, 0.4) is 0 Å². The molecule has 4 N–H and O–H groups in total. The predicted molar refractivity (Wildman–Crippen MR) is 170 cm³/mol. The molecule has 0 aromatic carbocycles. The average molecular weight is 709 g/mol. The summed E-state index contributed by atoms with van der Waals surface area (Å²) in [4.78, 5) is 38.6. The number of aliphatic hydroxyl groups is 2. The molecule has 0 radical (unpaired) electrons. The molecule has 0 saturated heterocycles. The predicted octanol–water partition coefficient (Wildman–Crippen LogP) is -1.32. The van der Waals surface area contributed by atoms with E-state index in [1.165, 1.54) is 25.1 Å². The van der Waals surface area contributed by atoms with Gasteiger partial charge in [-0.3, -0.25) is 0 Å². The fourth-order valence-electron chi connectivity index (χ4n) is 6.25. The Morgan fingerprint density at radius 3 is 1.62 bits per heavy atom. The zero-order chi connectivity index (χ0) is 35.2. The van der Waals surface area contributed by atoms with Gasteiger partial charge >= 0.3 is 65.3 Å². The number of nitrogens with one attached hydrogen (secondary N) is 2. The summed E-state index contributed by atoms with van der Waals surface area (Å²) in [5.41, 5.74) is 5.37. The van der Waals surface area contributed by atoms with E-state index in [1.54, 1.807) is 32.9 Å². The number of aromatic amines is 2. The van der Waals surface area contributed by atoms with E-state index < -0.39 is 35.9 Å². The number of H-pyrrole nitrogens is 2. The van der Waals surface area contributed by atoms with E-state index in [0.29, 0.717) is 61.5 Å². The van der Waals surface area contributed by atoms with Gasteiger partial charge in [0.1, 0.15) is 0 Å². The first-order chi connectivity index (χ1) is 22.5. The Labute approximate surface area is 329 Å². The number of halogens is 3. The fourth-order valence-corrected chi connectivity index (χ4v) is 6.25. The van der Waals surface area contributed by atoms with Gasteiger partial charge in [0.25, 0.3) is 0 Å². The van der Waals surface area contributed by atoms with E-state index in [0.717, 1.165) is 0 Å². The molecule has 3 aromatic heterocycles. The number of carbonyl (C=O) groups excluding carboxylic acids is 2. The van der Waals surface area contributed by atoms with Gasteiger partial charge in [0.15, 0.2) is 6.10 Å². The molecule has 50 heavy (non-hydrogen) atoms. The van der Waals surface area contributed by atoms with Gasteiger partial charge in [0.05, 0.1) is 28.9 Å². The number of carboxylic acid groups (broad SMARTS) is 2. The molecule has 15 heteroatoms. The third-order valence-corrected chi connectivity index (χ3v) is 8.89. The standard InChI is InChI=1S/C35H35F3N4O6.2Na/c1-6-29(43)32-17(4)23-11-21-15(2)19(7-9-30(44)45)25(39-21)14-26-20(8-10-31(46)47)16(3)22(40-26)12-28-33(34(48)35(36,37)38)18(5)24(42-28)13-27(32)41-23;;/h6,11-14,29,34,41-43,48H,1,7-10H2,2-5H3,(H,44,45)(H,46,47);;/q;2*+1/p-2. The molecule has 5 rings (SSSR count). The van der Waals surface area contributed by atoms with E-state index >= 15 is 0 Å². The molecule has 0 fully saturated rings. The molecule has 10 nitrogen and oxygen atoms in total. The molecule has 5 heterocycles. The number of aliphatic carboxylic acids is 2. The Morgan fingerprint density at radius 1 is 0.760 bits per heavy atom. The molecular formula is C35H33F3N4Na2O6. The molecule has 2 atom stereocenters. The van der Waals surface area contributed by atoms with Crippen molar-refractivity contribution < 1.29 is 102 Å². The van der Waals surface area contributed by atoms with Gasteiger partial charge in [0, 0.05) is 45.1 Å². The van der Waals surface area contributed by atoms with Crippen LogP contribution in [-0.2, 0) is 9.59 Å². The molecule has 2 aliphatic rings. The number of aryl methyl sites for hydroxylation is 2. The summed E-state index contributed by atoms with van der Waals surface area (Å²) < 4.78 is 42.0. The largest absolute Gasteiger partial charge is 1.00 e. The molecular weight excluding hydrogens is 675 g/mol. The number of rotatable bonds is 9. The number of fused-ring (bicyclic) bond motifs is 8. The summed E-state index contributed by atoms with van der Waals surface area (Å²) in [6.07, 6.45) is -8.29. The van der Waals surface area contributed by atoms with Crippen LogP contribution in [0.15, 0.2) is 36.9 Å². The van der Waals surface area contributed by atoms with Crippen molar-refractivity contribution in [2.45, 2.75) is 71.8 Å². The number of carbonyl (C=O) groups is 2. The quantitative estimate of drug-likeness (QED) is 0.156. The zero-order valence-corrected chi connectivity index (χ0v) is 32.6. The molecule has 2 unspecified atom stereocenters. The normalized spacial score (nSPS) is 14.2. The van der Waals surface area contributed by atoms with Gasteiger partial charge in [-0.1, -0.05) is 6.08 Å². The van der Waals surface area contributed by atoms with Crippen LogP contribution in [0, 0.1) is 13.8 Å². The Balaban J connectivity index is 0.00000338. The van der Waals surface area contributed by atoms with Gasteiger partial charge in [0.2, 0.25) is 0 Å². The van der Waals surface area contributed by atoms with Gasteiger partial charge in [-0.25, -0.2) is 9.97 Å². The molecule has 0 amide bonds. The van der Waals surface area contributed by atoms with Crippen LogP contribution in [0.4, 0.5) is 13.2 Å². The Hall–Kier alpha value is -3.01. The van der Waals surface area contributed by atoms with Crippen molar-refractivity contribution in [1.29, 1.82) is 0 Å². The number of hydrogen-bond acceptors (Lipinski definition) is 8. The van der Waals surface area contributed by atoms with Crippen LogP contribution in [0.5, 0.6) is 0 Å². The number of carboxylic acids is 2. The van der Waals surface area contributed by atoms with Gasteiger partial charge in [-0.05, 0) is 111 Å². The zero-order valence-electron chi connectivity index (χ0n) is 28.6. The fraction of sp³-hybridized carbons (Fsp3) is 0.314. The number of aliphatic hydroxyl groups excluding tert-OH is 2. The van der Waals surface area contributed by atoms with Crippen LogP contribution in [0.25, 0.3) is 44.4 Å². The smallest absolute Gasteiger partial charge is 0.550 e. The van der Waals surface area contributed by atoms with Gasteiger partial charge in [-0.2, -0.15) is 13.2 Å². The van der Waals surface area contributed by atoms with Crippen molar-refractivity contribution in [3.05, 3.63) is 81.9 Å². The van der Waals surface area contributed by atoms with E-state index in [2.05, 4.69) is 21.5 Å².